The van der Waals surface area contributed by atoms with Crippen LogP contribution in [0.2, 0.25) is 0 Å². The van der Waals surface area contributed by atoms with Crippen LogP contribution in [0.5, 0.6) is 23.0 Å². The van der Waals surface area contributed by atoms with Crippen molar-refractivity contribution >= 4 is 18.0 Å². The molecule has 0 spiro atoms. The molecule has 2 atom stereocenters. The molecule has 1 heterocycles. The van der Waals surface area contributed by atoms with Crippen LogP contribution in [0.15, 0.2) is 36.4 Å². The van der Waals surface area contributed by atoms with Gasteiger partial charge in [0.05, 0.1) is 27.4 Å². The number of aromatic hydroxyl groups is 1. The van der Waals surface area contributed by atoms with Gasteiger partial charge in [0, 0.05) is 23.3 Å². The molecule has 0 saturated heterocycles. The van der Waals surface area contributed by atoms with Crippen LogP contribution in [0.1, 0.15) is 42.6 Å². The molecule has 1 N–H and O–H groups in total. The van der Waals surface area contributed by atoms with E-state index in [9.17, 15) is 14.7 Å². The number of hydrogen-bond acceptors (Lipinski definition) is 8. The normalized spacial score (nSPS) is 16.9. The Labute approximate surface area is 186 Å². The smallest absolute Gasteiger partial charge is 0.330 e. The van der Waals surface area contributed by atoms with Gasteiger partial charge in [-0.3, -0.25) is 4.79 Å². The van der Waals surface area contributed by atoms with Crippen molar-refractivity contribution in [3.63, 3.8) is 0 Å². The highest BCUT2D eigenvalue weighted by atomic mass is 16.5. The molecule has 0 radical (unpaired) electrons. The summed E-state index contributed by atoms with van der Waals surface area (Å²) in [5.41, 5.74) is 1.72. The van der Waals surface area contributed by atoms with Crippen LogP contribution in [0.25, 0.3) is 6.08 Å². The highest BCUT2D eigenvalue weighted by Gasteiger charge is 2.43. The van der Waals surface area contributed by atoms with Gasteiger partial charge in [0.2, 0.25) is 0 Å². The number of methoxy groups -OCH3 is 2. The molecule has 8 nitrogen and oxygen atoms in total. The van der Waals surface area contributed by atoms with Crippen LogP contribution >= 0.6 is 0 Å². The Hall–Kier alpha value is -3.68. The quantitative estimate of drug-likeness (QED) is 0.487. The van der Waals surface area contributed by atoms with E-state index in [1.807, 2.05) is 0 Å². The number of rotatable bonds is 8. The van der Waals surface area contributed by atoms with Crippen molar-refractivity contribution in [2.45, 2.75) is 25.9 Å². The summed E-state index contributed by atoms with van der Waals surface area (Å²) >= 11 is 0. The van der Waals surface area contributed by atoms with Gasteiger partial charge in [-0.15, -0.1) is 0 Å². The molecule has 0 amide bonds. The second kappa shape index (κ2) is 10.1. The molecule has 170 valence electrons. The number of hydrogen-bond donors (Lipinski definition) is 1. The molecular formula is C24H26O8. The molecule has 0 aliphatic carbocycles. The molecule has 0 aromatic heterocycles. The first-order valence-electron chi connectivity index (χ1n) is 10.2. The van der Waals surface area contributed by atoms with Gasteiger partial charge >= 0.3 is 11.9 Å². The maximum Gasteiger partial charge on any atom is 0.330 e. The number of carbonyl (C=O) groups excluding carboxylic acids is 2. The molecule has 0 unspecified atom stereocenters. The third kappa shape index (κ3) is 4.80. The van der Waals surface area contributed by atoms with Gasteiger partial charge in [-0.2, -0.15) is 0 Å². The number of phenols is 1. The van der Waals surface area contributed by atoms with Gasteiger partial charge in [0.25, 0.3) is 0 Å². The van der Waals surface area contributed by atoms with Crippen molar-refractivity contribution in [1.29, 1.82) is 0 Å². The molecule has 2 aromatic rings. The Balaban J connectivity index is 2.09. The summed E-state index contributed by atoms with van der Waals surface area (Å²) in [6.07, 6.45) is 2.11. The molecule has 0 fully saturated rings. The molecule has 0 bridgehead atoms. The second-order valence-corrected chi connectivity index (χ2v) is 6.96. The fraction of sp³-hybridized carbons (Fsp3) is 0.333. The number of esters is 2. The SMILES string of the molecule is CCOC(=O)C=Cc1cc(OC)c2c(c1)[C@H](C(=O)OCC)[C@@H](c1cc(O)cc(OC)c1)O2. The molecular weight excluding hydrogens is 416 g/mol. The number of fused-ring (bicyclic) bond motifs is 1. The van der Waals surface area contributed by atoms with Crippen molar-refractivity contribution in [1.82, 2.24) is 0 Å². The van der Waals surface area contributed by atoms with Crippen LogP contribution < -0.4 is 14.2 Å². The first-order chi connectivity index (χ1) is 15.4. The minimum atomic E-state index is -0.818. The third-order valence-corrected chi connectivity index (χ3v) is 4.93. The summed E-state index contributed by atoms with van der Waals surface area (Å²) in [5.74, 6) is -0.580. The largest absolute Gasteiger partial charge is 0.508 e. The van der Waals surface area contributed by atoms with Crippen molar-refractivity contribution < 1.29 is 38.4 Å². The lowest BCUT2D eigenvalue weighted by molar-refractivity contribution is -0.146. The first kappa shape index (κ1) is 23.0. The number of ether oxygens (including phenoxy) is 5. The highest BCUT2D eigenvalue weighted by molar-refractivity contribution is 5.88. The van der Waals surface area contributed by atoms with Crippen LogP contribution in [-0.2, 0) is 19.1 Å². The molecule has 2 aromatic carbocycles. The first-order valence-corrected chi connectivity index (χ1v) is 10.2. The number of benzene rings is 2. The Bertz CT molecular complexity index is 1030. The second-order valence-electron chi connectivity index (χ2n) is 6.96. The molecule has 3 rings (SSSR count). The Kier molecular flexibility index (Phi) is 7.25. The monoisotopic (exact) mass is 442 g/mol. The van der Waals surface area contributed by atoms with Crippen LogP contribution in [0.3, 0.4) is 0 Å². The van der Waals surface area contributed by atoms with Crippen LogP contribution in [0.4, 0.5) is 0 Å². The highest BCUT2D eigenvalue weighted by Crippen LogP contribution is 2.52. The van der Waals surface area contributed by atoms with Crippen LogP contribution in [-0.4, -0.2) is 44.5 Å². The minimum absolute atomic E-state index is 0.0217. The lowest BCUT2D eigenvalue weighted by Crippen LogP contribution is -2.21. The van der Waals surface area contributed by atoms with Crippen molar-refractivity contribution in [3.05, 3.63) is 53.1 Å². The lowest BCUT2D eigenvalue weighted by atomic mass is 9.89. The minimum Gasteiger partial charge on any atom is -0.508 e. The summed E-state index contributed by atoms with van der Waals surface area (Å²) in [6.45, 7) is 3.91. The average molecular weight is 442 g/mol. The van der Waals surface area contributed by atoms with E-state index in [4.69, 9.17) is 23.7 Å². The van der Waals surface area contributed by atoms with E-state index in [2.05, 4.69) is 0 Å². The number of phenolic OH excluding ortho intramolecular Hbond substituents is 1. The van der Waals surface area contributed by atoms with Crippen LogP contribution in [0, 0.1) is 0 Å². The molecule has 32 heavy (non-hydrogen) atoms. The lowest BCUT2D eigenvalue weighted by Gasteiger charge is -2.19. The Morgan fingerprint density at radius 2 is 1.78 bits per heavy atom. The Morgan fingerprint density at radius 1 is 1.03 bits per heavy atom. The van der Waals surface area contributed by atoms with Crippen molar-refractivity contribution in [2.24, 2.45) is 0 Å². The van der Waals surface area contributed by atoms with Gasteiger partial charge in [0.15, 0.2) is 11.5 Å². The summed E-state index contributed by atoms with van der Waals surface area (Å²) < 4.78 is 27.1. The fourth-order valence-corrected chi connectivity index (χ4v) is 3.59. The van der Waals surface area contributed by atoms with E-state index >= 15 is 0 Å². The zero-order chi connectivity index (χ0) is 23.3. The van der Waals surface area contributed by atoms with Gasteiger partial charge in [-0.25, -0.2) is 4.79 Å². The fourth-order valence-electron chi connectivity index (χ4n) is 3.59. The average Bonchev–Trinajstić information content (AvgIpc) is 3.16. The van der Waals surface area contributed by atoms with Crippen molar-refractivity contribution in [3.8, 4) is 23.0 Å². The molecule has 8 heteroatoms. The summed E-state index contributed by atoms with van der Waals surface area (Å²) in [4.78, 5) is 24.7. The predicted octanol–water partition coefficient (Wildman–Crippen LogP) is 3.77. The standard InChI is InChI=1S/C24H26O8/c1-5-30-20(26)8-7-14-9-18-21(24(27)31-6-2)22(32-23(18)19(10-14)29-4)15-11-16(25)13-17(12-15)28-3/h7-13,21-22,25H,5-6H2,1-4H3/t21-,22+/m0/s1. The molecule has 1 aliphatic rings. The summed E-state index contributed by atoms with van der Waals surface area (Å²) in [6, 6.07) is 8.11. The Morgan fingerprint density at radius 3 is 2.44 bits per heavy atom. The predicted molar refractivity (Wildman–Crippen MR) is 116 cm³/mol. The molecule has 1 aliphatic heterocycles. The van der Waals surface area contributed by atoms with Crippen molar-refractivity contribution in [2.75, 3.05) is 27.4 Å². The van der Waals surface area contributed by atoms with Gasteiger partial charge in [-0.1, -0.05) is 0 Å². The maximum atomic E-state index is 13.0. The number of carbonyl (C=O) groups is 2. The van der Waals surface area contributed by atoms with Gasteiger partial charge in [-0.05, 0) is 49.8 Å². The van der Waals surface area contributed by atoms with E-state index in [-0.39, 0.29) is 19.0 Å². The van der Waals surface area contributed by atoms with E-state index in [0.717, 1.165) is 0 Å². The van der Waals surface area contributed by atoms with Gasteiger partial charge < -0.3 is 28.8 Å². The zero-order valence-electron chi connectivity index (χ0n) is 18.4. The van der Waals surface area contributed by atoms with Gasteiger partial charge in [0.1, 0.15) is 23.5 Å². The summed E-state index contributed by atoms with van der Waals surface area (Å²) in [5, 5.41) is 10.1. The van der Waals surface area contributed by atoms with E-state index in [0.29, 0.717) is 33.9 Å². The topological polar surface area (TPSA) is 101 Å². The van der Waals surface area contributed by atoms with E-state index < -0.39 is 24.0 Å². The maximum absolute atomic E-state index is 13.0. The summed E-state index contributed by atoms with van der Waals surface area (Å²) in [7, 11) is 2.97. The van der Waals surface area contributed by atoms with E-state index in [1.165, 1.54) is 32.4 Å². The third-order valence-electron chi connectivity index (χ3n) is 4.93. The zero-order valence-corrected chi connectivity index (χ0v) is 18.4. The molecule has 0 saturated carbocycles. The van der Waals surface area contributed by atoms with E-state index in [1.54, 1.807) is 38.1 Å².